The molecule has 1 saturated heterocycles. The Morgan fingerprint density at radius 1 is 1.44 bits per heavy atom. The lowest BCUT2D eigenvalue weighted by Crippen LogP contribution is -2.41. The lowest BCUT2D eigenvalue weighted by Gasteiger charge is -2.39. The number of benzene rings is 1. The number of nitrogens with zero attached hydrogens (tertiary/aromatic N) is 1. The van der Waals surface area contributed by atoms with Gasteiger partial charge in [0.25, 0.3) is 0 Å². The minimum atomic E-state index is 0.0859. The van der Waals surface area contributed by atoms with Gasteiger partial charge in [0, 0.05) is 12.5 Å². The van der Waals surface area contributed by atoms with Gasteiger partial charge < -0.3 is 0 Å². The Bertz CT molecular complexity index is 432. The van der Waals surface area contributed by atoms with E-state index in [1.807, 2.05) is 7.05 Å². The smallest absolute Gasteiger partial charge is 0.115 e. The van der Waals surface area contributed by atoms with Crippen molar-refractivity contribution in [3.8, 4) is 0 Å². The van der Waals surface area contributed by atoms with Crippen molar-refractivity contribution in [3.05, 3.63) is 34.9 Å². The van der Waals surface area contributed by atoms with E-state index in [0.29, 0.717) is 0 Å². The Balaban J connectivity index is 2.05. The monoisotopic (exact) mass is 219 g/mol. The normalized spacial score (nSPS) is 33.6. The summed E-state index contributed by atoms with van der Waals surface area (Å²) in [7, 11) is 1.81. The summed E-state index contributed by atoms with van der Waals surface area (Å²) in [6.07, 6.45) is 1.18. The maximum atomic E-state index is 5.81. The van der Waals surface area contributed by atoms with Gasteiger partial charge in [-0.25, -0.2) is 0 Å². The maximum absolute atomic E-state index is 5.81. The molecule has 2 atom stereocenters. The predicted molar refractivity (Wildman–Crippen MR) is 60.5 cm³/mol. The molecule has 0 N–H and O–H groups in total. The summed E-state index contributed by atoms with van der Waals surface area (Å²) >= 11 is 0. The number of fused-ring (bicyclic) bond motifs is 3. The molecule has 0 bridgehead atoms. The third kappa shape index (κ3) is 1.39. The van der Waals surface area contributed by atoms with E-state index in [2.05, 4.69) is 32.0 Å². The number of hydroxylamine groups is 2. The van der Waals surface area contributed by atoms with E-state index in [1.165, 1.54) is 21.9 Å². The maximum Gasteiger partial charge on any atom is 0.115 e. The van der Waals surface area contributed by atoms with E-state index in [9.17, 15) is 0 Å². The van der Waals surface area contributed by atoms with Crippen molar-refractivity contribution in [1.82, 2.24) is 5.23 Å². The van der Waals surface area contributed by atoms with E-state index < -0.39 is 0 Å². The molecule has 1 heterocycles. The Labute approximate surface area is 95.9 Å². The summed E-state index contributed by atoms with van der Waals surface area (Å²) < 4.78 is 0. The highest BCUT2D eigenvalue weighted by Crippen LogP contribution is 2.50. The van der Waals surface area contributed by atoms with Gasteiger partial charge in [-0.15, -0.1) is 0 Å². The van der Waals surface area contributed by atoms with Gasteiger partial charge in [0.2, 0.25) is 0 Å². The van der Waals surface area contributed by atoms with Gasteiger partial charge in [0.1, 0.15) is 6.10 Å². The first-order chi connectivity index (χ1) is 7.58. The molecule has 0 spiro atoms. The van der Waals surface area contributed by atoms with Crippen molar-refractivity contribution >= 4 is 0 Å². The molecule has 1 aliphatic carbocycles. The predicted octanol–water partition coefficient (Wildman–Crippen LogP) is 2.41. The standard InChI is InChI=1S/C13H17NO2/c1-9-4-5-10-7-13(2)8-15-14(3)16-12(13)11(10)6-9/h4-6,12H,7-8H2,1-3H3/t12?,13-/m0/s1. The molecular weight excluding hydrogens is 202 g/mol. The van der Waals surface area contributed by atoms with Crippen LogP contribution >= 0.6 is 0 Å². The Morgan fingerprint density at radius 3 is 3.06 bits per heavy atom. The second kappa shape index (κ2) is 3.29. The Kier molecular flexibility index (Phi) is 2.11. The van der Waals surface area contributed by atoms with Crippen LogP contribution in [0.5, 0.6) is 0 Å². The fraction of sp³-hybridized carbons (Fsp3) is 0.538. The van der Waals surface area contributed by atoms with Crippen LogP contribution in [0.1, 0.15) is 29.7 Å². The average Bonchev–Trinajstić information content (AvgIpc) is 2.52. The summed E-state index contributed by atoms with van der Waals surface area (Å²) in [6.45, 7) is 5.08. The molecule has 1 fully saturated rings. The molecule has 1 aliphatic heterocycles. The highest BCUT2D eigenvalue weighted by Gasteiger charge is 2.47. The highest BCUT2D eigenvalue weighted by atomic mass is 17.0. The minimum absolute atomic E-state index is 0.0859. The van der Waals surface area contributed by atoms with Gasteiger partial charge >= 0.3 is 0 Å². The van der Waals surface area contributed by atoms with Crippen molar-refractivity contribution < 1.29 is 9.68 Å². The number of rotatable bonds is 0. The first-order valence-electron chi connectivity index (χ1n) is 5.71. The van der Waals surface area contributed by atoms with Crippen LogP contribution in [0.3, 0.4) is 0 Å². The quantitative estimate of drug-likeness (QED) is 0.669. The Hall–Kier alpha value is -0.900. The molecule has 1 aromatic carbocycles. The second-order valence-corrected chi connectivity index (χ2v) is 5.23. The van der Waals surface area contributed by atoms with Gasteiger partial charge in [-0.1, -0.05) is 35.9 Å². The molecular formula is C13H17NO2. The van der Waals surface area contributed by atoms with Crippen molar-refractivity contribution in [2.24, 2.45) is 5.41 Å². The van der Waals surface area contributed by atoms with Crippen LogP contribution in [-0.4, -0.2) is 18.9 Å². The van der Waals surface area contributed by atoms with Crippen LogP contribution < -0.4 is 0 Å². The molecule has 0 amide bonds. The molecule has 3 nitrogen and oxygen atoms in total. The molecule has 0 saturated carbocycles. The third-order valence-corrected chi connectivity index (χ3v) is 3.64. The van der Waals surface area contributed by atoms with Crippen molar-refractivity contribution in [2.75, 3.05) is 13.7 Å². The van der Waals surface area contributed by atoms with Crippen LogP contribution in [0.25, 0.3) is 0 Å². The first-order valence-corrected chi connectivity index (χ1v) is 5.71. The summed E-state index contributed by atoms with van der Waals surface area (Å²) in [4.78, 5) is 11.3. The molecule has 1 aromatic rings. The summed E-state index contributed by atoms with van der Waals surface area (Å²) in [6, 6.07) is 6.63. The molecule has 0 radical (unpaired) electrons. The fourth-order valence-corrected chi connectivity index (χ4v) is 2.75. The van der Waals surface area contributed by atoms with E-state index in [-0.39, 0.29) is 11.5 Å². The molecule has 0 aromatic heterocycles. The fourth-order valence-electron chi connectivity index (χ4n) is 2.75. The molecule has 2 aliphatic rings. The summed E-state index contributed by atoms with van der Waals surface area (Å²) in [5.74, 6) is 0. The van der Waals surface area contributed by atoms with Crippen LogP contribution in [0.2, 0.25) is 0 Å². The molecule has 86 valence electrons. The summed E-state index contributed by atoms with van der Waals surface area (Å²) in [5.41, 5.74) is 4.11. The summed E-state index contributed by atoms with van der Waals surface area (Å²) in [5, 5.41) is 1.49. The van der Waals surface area contributed by atoms with Crippen LogP contribution in [0.4, 0.5) is 0 Å². The average molecular weight is 219 g/mol. The van der Waals surface area contributed by atoms with Gasteiger partial charge in [-0.2, -0.15) is 0 Å². The molecule has 3 rings (SSSR count). The van der Waals surface area contributed by atoms with Gasteiger partial charge in [0.05, 0.1) is 6.61 Å². The van der Waals surface area contributed by atoms with Crippen molar-refractivity contribution in [2.45, 2.75) is 26.4 Å². The molecule has 1 unspecified atom stereocenters. The zero-order valence-electron chi connectivity index (χ0n) is 9.99. The zero-order valence-corrected chi connectivity index (χ0v) is 9.99. The lowest BCUT2D eigenvalue weighted by molar-refractivity contribution is -0.430. The number of aryl methyl sites for hydroxylation is 1. The third-order valence-electron chi connectivity index (χ3n) is 3.64. The van der Waals surface area contributed by atoms with Crippen LogP contribution in [-0.2, 0) is 16.1 Å². The van der Waals surface area contributed by atoms with Crippen molar-refractivity contribution in [3.63, 3.8) is 0 Å². The van der Waals surface area contributed by atoms with Crippen LogP contribution in [0.15, 0.2) is 18.2 Å². The van der Waals surface area contributed by atoms with Crippen molar-refractivity contribution in [1.29, 1.82) is 0 Å². The van der Waals surface area contributed by atoms with E-state index in [0.717, 1.165) is 13.0 Å². The van der Waals surface area contributed by atoms with E-state index in [4.69, 9.17) is 9.68 Å². The van der Waals surface area contributed by atoms with E-state index in [1.54, 1.807) is 0 Å². The highest BCUT2D eigenvalue weighted by molar-refractivity contribution is 5.39. The number of hydrogen-bond donors (Lipinski definition) is 0. The second-order valence-electron chi connectivity index (χ2n) is 5.23. The van der Waals surface area contributed by atoms with Gasteiger partial charge in [0.15, 0.2) is 0 Å². The molecule has 3 heteroatoms. The van der Waals surface area contributed by atoms with Crippen LogP contribution in [0, 0.1) is 12.3 Å². The number of hydrogen-bond acceptors (Lipinski definition) is 3. The van der Waals surface area contributed by atoms with Gasteiger partial charge in [-0.05, 0) is 24.5 Å². The topological polar surface area (TPSA) is 21.7 Å². The van der Waals surface area contributed by atoms with Gasteiger partial charge in [-0.3, -0.25) is 9.68 Å². The van der Waals surface area contributed by atoms with E-state index >= 15 is 0 Å². The SMILES string of the molecule is Cc1ccc2c(c1)C1ON(C)OC[C@]1(C)C2. The Morgan fingerprint density at radius 2 is 2.25 bits per heavy atom. The minimum Gasteiger partial charge on any atom is -0.274 e. The zero-order chi connectivity index (χ0) is 11.3. The lowest BCUT2D eigenvalue weighted by atomic mass is 9.85. The first kappa shape index (κ1) is 10.3. The largest absolute Gasteiger partial charge is 0.274 e. The molecule has 16 heavy (non-hydrogen) atoms.